The van der Waals surface area contributed by atoms with Crippen LogP contribution in [0, 0.1) is 5.92 Å². The van der Waals surface area contributed by atoms with Gasteiger partial charge in [0.15, 0.2) is 0 Å². The highest BCUT2D eigenvalue weighted by Crippen LogP contribution is 2.13. The quantitative estimate of drug-likeness (QED) is 0.703. The maximum atomic E-state index is 11.7. The Morgan fingerprint density at radius 2 is 2.11 bits per heavy atom. The summed E-state index contributed by atoms with van der Waals surface area (Å²) in [5.74, 6) is -1.81. The van der Waals surface area contributed by atoms with Crippen molar-refractivity contribution in [1.29, 1.82) is 0 Å². The van der Waals surface area contributed by atoms with Gasteiger partial charge in [0.25, 0.3) is 0 Å². The molecule has 0 aliphatic carbocycles. The molecule has 6 heteroatoms. The van der Waals surface area contributed by atoms with E-state index in [-0.39, 0.29) is 30.8 Å². The highest BCUT2D eigenvalue weighted by Gasteiger charge is 2.22. The number of aromatic nitrogens is 2. The molecule has 0 amide bonds. The number of aliphatic carboxylic acids is 1. The van der Waals surface area contributed by atoms with Crippen LogP contribution in [0.2, 0.25) is 0 Å². The smallest absolute Gasteiger partial charge is 0.307 e. The second-order valence-electron chi connectivity index (χ2n) is 4.61. The van der Waals surface area contributed by atoms with Crippen LogP contribution in [0.25, 0.3) is 0 Å². The lowest BCUT2D eigenvalue weighted by atomic mass is 9.95. The van der Waals surface area contributed by atoms with E-state index in [0.29, 0.717) is 18.5 Å². The van der Waals surface area contributed by atoms with Gasteiger partial charge >= 0.3 is 5.97 Å². The fraction of sp³-hybridized carbons (Fsp3) is 0.538. The number of carbonyl (C=O) groups excluding carboxylic acids is 2. The predicted octanol–water partition coefficient (Wildman–Crippen LogP) is 1.37. The number of H-pyrrole nitrogens is 1. The van der Waals surface area contributed by atoms with Crippen molar-refractivity contribution in [2.24, 2.45) is 5.92 Å². The topological polar surface area (TPSA) is 100 Å². The fourth-order valence-electron chi connectivity index (χ4n) is 1.82. The molecule has 0 fully saturated rings. The third-order valence-corrected chi connectivity index (χ3v) is 2.83. The average molecular weight is 266 g/mol. The van der Waals surface area contributed by atoms with Crippen molar-refractivity contribution in [3.8, 4) is 0 Å². The van der Waals surface area contributed by atoms with Crippen molar-refractivity contribution in [1.82, 2.24) is 9.97 Å². The zero-order valence-electron chi connectivity index (χ0n) is 10.9. The molecular formula is C13H18N2O4. The minimum atomic E-state index is -0.991. The Morgan fingerprint density at radius 3 is 2.63 bits per heavy atom. The molecule has 0 aliphatic heterocycles. The molecule has 0 aliphatic rings. The molecule has 0 radical (unpaired) electrons. The van der Waals surface area contributed by atoms with Crippen LogP contribution < -0.4 is 0 Å². The summed E-state index contributed by atoms with van der Waals surface area (Å²) in [4.78, 5) is 40.2. The molecule has 0 bridgehead atoms. The Bertz CT molecular complexity index is 440. The van der Waals surface area contributed by atoms with Crippen molar-refractivity contribution >= 4 is 17.5 Å². The summed E-state index contributed by atoms with van der Waals surface area (Å²) in [6, 6.07) is 0. The van der Waals surface area contributed by atoms with Crippen molar-refractivity contribution in [2.45, 2.75) is 39.0 Å². The minimum absolute atomic E-state index is 0.00768. The molecule has 0 saturated carbocycles. The summed E-state index contributed by atoms with van der Waals surface area (Å²) in [5.41, 5.74) is 0.698. The van der Waals surface area contributed by atoms with Gasteiger partial charge in [0, 0.05) is 37.6 Å². The number of aromatic amines is 1. The van der Waals surface area contributed by atoms with Crippen LogP contribution >= 0.6 is 0 Å². The van der Waals surface area contributed by atoms with Gasteiger partial charge < -0.3 is 14.9 Å². The SMILES string of the molecule is CC(=O)CCCC(=O)CC(Cc1cnc[nH]1)C(=O)O. The van der Waals surface area contributed by atoms with Gasteiger partial charge in [-0.3, -0.25) is 9.59 Å². The first kappa shape index (κ1) is 15.1. The van der Waals surface area contributed by atoms with Crippen molar-refractivity contribution in [3.05, 3.63) is 18.2 Å². The third-order valence-electron chi connectivity index (χ3n) is 2.83. The number of carbonyl (C=O) groups is 3. The predicted molar refractivity (Wildman–Crippen MR) is 67.6 cm³/mol. The molecule has 0 aromatic carbocycles. The van der Waals surface area contributed by atoms with Gasteiger partial charge in [-0.2, -0.15) is 0 Å². The Morgan fingerprint density at radius 1 is 1.37 bits per heavy atom. The number of carboxylic acids is 1. The van der Waals surface area contributed by atoms with Gasteiger partial charge in [0.1, 0.15) is 11.6 Å². The van der Waals surface area contributed by atoms with Gasteiger partial charge in [-0.05, 0) is 13.3 Å². The summed E-state index contributed by atoms with van der Waals surface area (Å²) in [6.07, 6.45) is 4.39. The highest BCUT2D eigenvalue weighted by atomic mass is 16.4. The van der Waals surface area contributed by atoms with E-state index >= 15 is 0 Å². The molecule has 19 heavy (non-hydrogen) atoms. The summed E-state index contributed by atoms with van der Waals surface area (Å²) in [7, 11) is 0. The van der Waals surface area contributed by atoms with E-state index in [9.17, 15) is 14.4 Å². The Labute approximate surface area is 111 Å². The lowest BCUT2D eigenvalue weighted by Gasteiger charge is -2.10. The largest absolute Gasteiger partial charge is 0.481 e. The molecule has 1 rings (SSSR count). The summed E-state index contributed by atoms with van der Waals surface area (Å²) in [6.45, 7) is 1.47. The van der Waals surface area contributed by atoms with Crippen LogP contribution in [0.3, 0.4) is 0 Å². The number of ketones is 2. The van der Waals surface area contributed by atoms with Crippen molar-refractivity contribution in [3.63, 3.8) is 0 Å². The summed E-state index contributed by atoms with van der Waals surface area (Å²) in [5, 5.41) is 9.09. The Hall–Kier alpha value is -1.98. The fourth-order valence-corrected chi connectivity index (χ4v) is 1.82. The summed E-state index contributed by atoms with van der Waals surface area (Å²) < 4.78 is 0. The highest BCUT2D eigenvalue weighted by molar-refractivity contribution is 5.84. The molecule has 0 saturated heterocycles. The minimum Gasteiger partial charge on any atom is -0.481 e. The van der Waals surface area contributed by atoms with Gasteiger partial charge in [-0.15, -0.1) is 0 Å². The number of hydrogen-bond acceptors (Lipinski definition) is 4. The molecule has 1 unspecified atom stereocenters. The maximum Gasteiger partial charge on any atom is 0.307 e. The molecule has 2 N–H and O–H groups in total. The standard InChI is InChI=1S/C13H18N2O4/c1-9(16)3-2-4-12(17)6-10(13(18)19)5-11-7-14-8-15-11/h7-8,10H,2-6H2,1H3,(H,14,15)(H,18,19). The van der Waals surface area contributed by atoms with Gasteiger partial charge in [-0.25, -0.2) is 4.98 Å². The lowest BCUT2D eigenvalue weighted by Crippen LogP contribution is -2.20. The van der Waals surface area contributed by atoms with E-state index < -0.39 is 11.9 Å². The van der Waals surface area contributed by atoms with Gasteiger partial charge in [-0.1, -0.05) is 0 Å². The number of nitrogens with zero attached hydrogens (tertiary/aromatic N) is 1. The zero-order valence-corrected chi connectivity index (χ0v) is 10.9. The first-order valence-electron chi connectivity index (χ1n) is 6.20. The van der Waals surface area contributed by atoms with Crippen LogP contribution in [-0.4, -0.2) is 32.6 Å². The molecule has 1 heterocycles. The number of nitrogens with one attached hydrogen (secondary N) is 1. The Balaban J connectivity index is 2.42. The normalized spacial score (nSPS) is 12.1. The first-order chi connectivity index (χ1) is 8.99. The molecule has 1 aromatic rings. The second-order valence-corrected chi connectivity index (χ2v) is 4.61. The molecule has 104 valence electrons. The van der Waals surface area contributed by atoms with Crippen molar-refractivity contribution < 1.29 is 19.5 Å². The maximum absolute atomic E-state index is 11.7. The number of carboxylic acid groups (broad SMARTS) is 1. The van der Waals surface area contributed by atoms with E-state index in [1.807, 2.05) is 0 Å². The lowest BCUT2D eigenvalue weighted by molar-refractivity contribution is -0.143. The molecule has 1 atom stereocenters. The first-order valence-corrected chi connectivity index (χ1v) is 6.20. The van der Waals surface area contributed by atoms with E-state index in [0.717, 1.165) is 0 Å². The third kappa shape index (κ3) is 5.94. The second kappa shape index (κ2) is 7.45. The molecular weight excluding hydrogens is 248 g/mol. The zero-order chi connectivity index (χ0) is 14.3. The monoisotopic (exact) mass is 266 g/mol. The van der Waals surface area contributed by atoms with Gasteiger partial charge in [0.2, 0.25) is 0 Å². The van der Waals surface area contributed by atoms with E-state index in [1.54, 1.807) is 6.20 Å². The van der Waals surface area contributed by atoms with Crippen molar-refractivity contribution in [2.75, 3.05) is 0 Å². The summed E-state index contributed by atoms with van der Waals surface area (Å²) >= 11 is 0. The number of hydrogen-bond donors (Lipinski definition) is 2. The van der Waals surface area contributed by atoms with E-state index in [4.69, 9.17) is 5.11 Å². The van der Waals surface area contributed by atoms with Crippen LogP contribution in [0.15, 0.2) is 12.5 Å². The number of Topliss-reactive ketones (excluding diaryl/α,β-unsaturated/α-hetero) is 2. The van der Waals surface area contributed by atoms with Crippen LogP contribution in [0.4, 0.5) is 0 Å². The van der Waals surface area contributed by atoms with Crippen LogP contribution in [0.5, 0.6) is 0 Å². The molecule has 1 aromatic heterocycles. The Kier molecular flexibility index (Phi) is 5.92. The molecule has 6 nitrogen and oxygen atoms in total. The number of imidazole rings is 1. The number of rotatable bonds is 9. The average Bonchev–Trinajstić information content (AvgIpc) is 2.80. The van der Waals surface area contributed by atoms with E-state index in [2.05, 4.69) is 9.97 Å². The van der Waals surface area contributed by atoms with Gasteiger partial charge in [0.05, 0.1) is 12.2 Å². The molecule has 0 spiro atoms. The van der Waals surface area contributed by atoms with Crippen LogP contribution in [-0.2, 0) is 20.8 Å². The van der Waals surface area contributed by atoms with Crippen LogP contribution in [0.1, 0.15) is 38.3 Å². The van der Waals surface area contributed by atoms with E-state index in [1.165, 1.54) is 13.3 Å².